The normalized spacial score (nSPS) is 27.8. The van der Waals surface area contributed by atoms with E-state index in [1.165, 1.54) is 5.57 Å². The molecule has 0 radical (unpaired) electrons. The van der Waals surface area contributed by atoms with Crippen LogP contribution in [0.15, 0.2) is 29.8 Å². The molecule has 3 N–H and O–H groups in total. The van der Waals surface area contributed by atoms with Gasteiger partial charge in [-0.3, -0.25) is 9.69 Å². The third-order valence-electron chi connectivity index (χ3n) is 5.32. The van der Waals surface area contributed by atoms with Crippen LogP contribution in [0.2, 0.25) is 10.0 Å². The summed E-state index contributed by atoms with van der Waals surface area (Å²) in [4.78, 5) is 13.5. The molecule has 0 unspecified atom stereocenters. The standard InChI is InChI=1S/C19H24Cl2N2O2/c20-14-4-6-15(17(21)9-14)16-5-3-12(8-18(16)22)10-23-7-1-2-13(11-23)19(24)25/h3-4,6,9,13,16,18H,1-2,5,7-8,10-11,22H2,(H,24,25)/t13-,16-,18+/m0/s1. The molecule has 3 atom stereocenters. The Morgan fingerprint density at radius 2 is 2.16 bits per heavy atom. The zero-order chi connectivity index (χ0) is 18.0. The lowest BCUT2D eigenvalue weighted by molar-refractivity contribution is -0.143. The summed E-state index contributed by atoms with van der Waals surface area (Å²) in [7, 11) is 0. The summed E-state index contributed by atoms with van der Waals surface area (Å²) in [5.74, 6) is -0.731. The van der Waals surface area contributed by atoms with Gasteiger partial charge in [-0.05, 0) is 49.9 Å². The number of rotatable bonds is 4. The van der Waals surface area contributed by atoms with Crippen molar-refractivity contribution in [2.24, 2.45) is 11.7 Å². The molecule has 0 saturated carbocycles. The second-order valence-corrected chi connectivity index (χ2v) is 7.99. The monoisotopic (exact) mass is 382 g/mol. The Morgan fingerprint density at radius 1 is 1.36 bits per heavy atom. The SMILES string of the molecule is N[C@@H]1CC(CN2CCC[C@H](C(=O)O)C2)=CC[C@H]1c1ccc(Cl)cc1Cl. The van der Waals surface area contributed by atoms with Gasteiger partial charge in [0.05, 0.1) is 5.92 Å². The number of piperidine rings is 1. The van der Waals surface area contributed by atoms with Gasteiger partial charge in [0, 0.05) is 35.1 Å². The number of allylic oxidation sites excluding steroid dienone is 1. The van der Waals surface area contributed by atoms with E-state index in [-0.39, 0.29) is 17.9 Å². The Labute approximate surface area is 158 Å². The molecule has 3 rings (SSSR count). The van der Waals surface area contributed by atoms with Crippen LogP contribution in [0.1, 0.15) is 37.2 Å². The van der Waals surface area contributed by atoms with Gasteiger partial charge in [-0.1, -0.05) is 40.9 Å². The average molecular weight is 383 g/mol. The number of nitrogens with zero attached hydrogens (tertiary/aromatic N) is 1. The molecule has 0 bridgehead atoms. The van der Waals surface area contributed by atoms with Gasteiger partial charge in [0.2, 0.25) is 0 Å². The fourth-order valence-electron chi connectivity index (χ4n) is 3.97. The Morgan fingerprint density at radius 3 is 2.84 bits per heavy atom. The average Bonchev–Trinajstić information content (AvgIpc) is 2.56. The van der Waals surface area contributed by atoms with Crippen molar-refractivity contribution in [3.8, 4) is 0 Å². The first-order chi connectivity index (χ1) is 11.9. The second-order valence-electron chi connectivity index (χ2n) is 7.15. The molecule has 4 nitrogen and oxygen atoms in total. The summed E-state index contributed by atoms with van der Waals surface area (Å²) >= 11 is 12.3. The van der Waals surface area contributed by atoms with Crippen molar-refractivity contribution in [1.29, 1.82) is 0 Å². The van der Waals surface area contributed by atoms with E-state index in [9.17, 15) is 9.90 Å². The highest BCUT2D eigenvalue weighted by atomic mass is 35.5. The van der Waals surface area contributed by atoms with Crippen LogP contribution in [0.4, 0.5) is 0 Å². The lowest BCUT2D eigenvalue weighted by Gasteiger charge is -2.35. The van der Waals surface area contributed by atoms with Crippen LogP contribution in [0, 0.1) is 5.92 Å². The summed E-state index contributed by atoms with van der Waals surface area (Å²) in [5, 5.41) is 10.5. The maximum absolute atomic E-state index is 11.2. The van der Waals surface area contributed by atoms with Crippen molar-refractivity contribution in [2.45, 2.75) is 37.6 Å². The first-order valence-corrected chi connectivity index (χ1v) is 9.53. The number of hydrogen-bond acceptors (Lipinski definition) is 3. The van der Waals surface area contributed by atoms with E-state index in [0.29, 0.717) is 16.6 Å². The Bertz CT molecular complexity index is 677. The molecular weight excluding hydrogens is 359 g/mol. The molecule has 136 valence electrons. The highest BCUT2D eigenvalue weighted by molar-refractivity contribution is 6.35. The minimum atomic E-state index is -0.684. The molecule has 1 aliphatic heterocycles. The highest BCUT2D eigenvalue weighted by Crippen LogP contribution is 2.36. The molecular formula is C19H24Cl2N2O2. The summed E-state index contributed by atoms with van der Waals surface area (Å²) in [6.45, 7) is 2.41. The highest BCUT2D eigenvalue weighted by Gasteiger charge is 2.29. The summed E-state index contributed by atoms with van der Waals surface area (Å²) in [6, 6.07) is 5.60. The summed E-state index contributed by atoms with van der Waals surface area (Å²) in [5.41, 5.74) is 8.80. The van der Waals surface area contributed by atoms with Gasteiger partial charge in [0.25, 0.3) is 0 Å². The van der Waals surface area contributed by atoms with Crippen molar-refractivity contribution in [2.75, 3.05) is 19.6 Å². The van der Waals surface area contributed by atoms with Crippen LogP contribution in [0.5, 0.6) is 0 Å². The lowest BCUT2D eigenvalue weighted by atomic mass is 9.80. The smallest absolute Gasteiger partial charge is 0.307 e. The van der Waals surface area contributed by atoms with Crippen LogP contribution in [-0.2, 0) is 4.79 Å². The van der Waals surface area contributed by atoms with Gasteiger partial charge in [-0.2, -0.15) is 0 Å². The molecule has 0 amide bonds. The van der Waals surface area contributed by atoms with E-state index in [1.54, 1.807) is 6.07 Å². The fourth-order valence-corrected chi connectivity index (χ4v) is 4.52. The first-order valence-electron chi connectivity index (χ1n) is 8.77. The van der Waals surface area contributed by atoms with E-state index in [4.69, 9.17) is 28.9 Å². The van der Waals surface area contributed by atoms with Gasteiger partial charge < -0.3 is 10.8 Å². The fraction of sp³-hybridized carbons (Fsp3) is 0.526. The number of nitrogens with two attached hydrogens (primary N) is 1. The maximum atomic E-state index is 11.2. The molecule has 1 aliphatic carbocycles. The maximum Gasteiger partial charge on any atom is 0.307 e. The predicted molar refractivity (Wildman–Crippen MR) is 101 cm³/mol. The van der Waals surface area contributed by atoms with Gasteiger partial charge in [0.1, 0.15) is 0 Å². The molecule has 1 fully saturated rings. The topological polar surface area (TPSA) is 66.6 Å². The number of aliphatic carboxylic acids is 1. The van der Waals surface area contributed by atoms with Crippen LogP contribution < -0.4 is 5.73 Å². The second kappa shape index (κ2) is 8.09. The number of hydrogen-bond donors (Lipinski definition) is 2. The van der Waals surface area contributed by atoms with Crippen molar-refractivity contribution in [3.63, 3.8) is 0 Å². The third-order valence-corrected chi connectivity index (χ3v) is 5.88. The number of carboxylic acids is 1. The number of likely N-dealkylation sites (tertiary alicyclic amines) is 1. The quantitative estimate of drug-likeness (QED) is 0.774. The number of carboxylic acid groups (broad SMARTS) is 1. The summed E-state index contributed by atoms with van der Waals surface area (Å²) in [6.07, 6.45) is 5.65. The molecule has 1 aromatic carbocycles. The molecule has 6 heteroatoms. The largest absolute Gasteiger partial charge is 0.481 e. The van der Waals surface area contributed by atoms with Crippen LogP contribution in [0.3, 0.4) is 0 Å². The van der Waals surface area contributed by atoms with Gasteiger partial charge in [-0.25, -0.2) is 0 Å². The van der Waals surface area contributed by atoms with Gasteiger partial charge >= 0.3 is 5.97 Å². The Hall–Kier alpha value is -1.07. The van der Waals surface area contributed by atoms with Crippen LogP contribution in [-0.4, -0.2) is 41.7 Å². The molecule has 0 spiro atoms. The molecule has 1 heterocycles. The van der Waals surface area contributed by atoms with Crippen molar-refractivity contribution >= 4 is 29.2 Å². The van der Waals surface area contributed by atoms with E-state index in [1.807, 2.05) is 12.1 Å². The molecule has 2 aliphatic rings. The van der Waals surface area contributed by atoms with Crippen molar-refractivity contribution < 1.29 is 9.90 Å². The Kier molecular flexibility index (Phi) is 6.05. The number of carbonyl (C=O) groups is 1. The van der Waals surface area contributed by atoms with E-state index < -0.39 is 5.97 Å². The van der Waals surface area contributed by atoms with Gasteiger partial charge in [0.15, 0.2) is 0 Å². The lowest BCUT2D eigenvalue weighted by Crippen LogP contribution is -2.41. The first kappa shape index (κ1) is 18.7. The number of halogens is 2. The predicted octanol–water partition coefficient (Wildman–Crippen LogP) is 3.92. The van der Waals surface area contributed by atoms with Crippen LogP contribution >= 0.6 is 23.2 Å². The minimum Gasteiger partial charge on any atom is -0.481 e. The number of benzene rings is 1. The van der Waals surface area contributed by atoms with Crippen molar-refractivity contribution in [1.82, 2.24) is 4.90 Å². The molecule has 0 aromatic heterocycles. The van der Waals surface area contributed by atoms with E-state index in [2.05, 4.69) is 11.0 Å². The zero-order valence-electron chi connectivity index (χ0n) is 14.1. The Balaban J connectivity index is 1.64. The summed E-state index contributed by atoms with van der Waals surface area (Å²) < 4.78 is 0. The molecule has 25 heavy (non-hydrogen) atoms. The molecule has 1 aromatic rings. The minimum absolute atomic E-state index is 0.0127. The van der Waals surface area contributed by atoms with E-state index in [0.717, 1.165) is 44.3 Å². The zero-order valence-corrected chi connectivity index (χ0v) is 15.6. The molecule has 1 saturated heterocycles. The third kappa shape index (κ3) is 4.56. The van der Waals surface area contributed by atoms with Gasteiger partial charge in [-0.15, -0.1) is 0 Å². The van der Waals surface area contributed by atoms with Crippen LogP contribution in [0.25, 0.3) is 0 Å². The van der Waals surface area contributed by atoms with Crippen molar-refractivity contribution in [3.05, 3.63) is 45.5 Å². The van der Waals surface area contributed by atoms with E-state index >= 15 is 0 Å².